The second-order valence-corrected chi connectivity index (χ2v) is 7.03. The number of aromatic nitrogens is 1. The highest BCUT2D eigenvalue weighted by molar-refractivity contribution is 6.06. The number of carbonyl (C=O) groups excluding carboxylic acids is 1. The first-order valence-electron chi connectivity index (χ1n) is 8.45. The van der Waals surface area contributed by atoms with E-state index in [0.717, 1.165) is 40.2 Å². The predicted octanol–water partition coefficient (Wildman–Crippen LogP) is 3.79. The van der Waals surface area contributed by atoms with Crippen molar-refractivity contribution >= 4 is 16.8 Å². The van der Waals surface area contributed by atoms with Crippen LogP contribution in [0.5, 0.6) is 0 Å². The maximum Gasteiger partial charge on any atom is 0.252 e. The van der Waals surface area contributed by atoms with Gasteiger partial charge in [-0.3, -0.25) is 9.78 Å². The molecule has 2 aromatic rings. The Morgan fingerprint density at radius 2 is 2.13 bits per heavy atom. The van der Waals surface area contributed by atoms with Crippen LogP contribution in [0.3, 0.4) is 0 Å². The first-order chi connectivity index (χ1) is 11.1. The highest BCUT2D eigenvalue weighted by Crippen LogP contribution is 2.43. The zero-order valence-electron chi connectivity index (χ0n) is 13.7. The van der Waals surface area contributed by atoms with Gasteiger partial charge in [-0.2, -0.15) is 0 Å². The van der Waals surface area contributed by atoms with Crippen molar-refractivity contribution in [1.82, 2.24) is 10.3 Å². The van der Waals surface area contributed by atoms with E-state index in [0.29, 0.717) is 11.8 Å². The number of hydrogen-bond donors (Lipinski definition) is 1. The summed E-state index contributed by atoms with van der Waals surface area (Å²) in [5.74, 6) is 2.04. The van der Waals surface area contributed by atoms with Crippen molar-refractivity contribution in [2.24, 2.45) is 17.8 Å². The van der Waals surface area contributed by atoms with Crippen LogP contribution >= 0.6 is 0 Å². The number of pyridine rings is 1. The largest absolute Gasteiger partial charge is 0.352 e. The quantitative estimate of drug-likeness (QED) is 0.877. The Morgan fingerprint density at radius 1 is 1.26 bits per heavy atom. The molecule has 0 radical (unpaired) electrons. The van der Waals surface area contributed by atoms with E-state index in [1.165, 1.54) is 12.8 Å². The van der Waals surface area contributed by atoms with Gasteiger partial charge in [0, 0.05) is 17.6 Å². The highest BCUT2D eigenvalue weighted by Gasteiger charge is 2.35. The number of rotatable bonds is 3. The minimum absolute atomic E-state index is 0.0258. The molecule has 3 atom stereocenters. The van der Waals surface area contributed by atoms with Crippen LogP contribution in [-0.4, -0.2) is 17.4 Å². The molecule has 3 heteroatoms. The highest BCUT2D eigenvalue weighted by atomic mass is 16.1. The van der Waals surface area contributed by atoms with E-state index in [1.54, 1.807) is 0 Å². The lowest BCUT2D eigenvalue weighted by Crippen LogP contribution is -2.31. The topological polar surface area (TPSA) is 42.0 Å². The Balaban J connectivity index is 1.57. The van der Waals surface area contributed by atoms with Gasteiger partial charge in [-0.05, 0) is 56.1 Å². The molecule has 23 heavy (non-hydrogen) atoms. The van der Waals surface area contributed by atoms with E-state index in [9.17, 15) is 4.79 Å². The molecule has 2 bridgehead atoms. The van der Waals surface area contributed by atoms with Crippen molar-refractivity contribution in [1.29, 1.82) is 0 Å². The number of hydrogen-bond acceptors (Lipinski definition) is 2. The first kappa shape index (κ1) is 14.4. The molecule has 1 aromatic heterocycles. The standard InChI is InChI=1S/C20H22N2O/c1-12-4-3-5-17-18(8-13(2)22-19(12)17)20(23)21-11-16-10-14-6-7-15(16)9-14/h3-8,14-16H,9-11H2,1-2H3,(H,21,23)/t14-,15+,16+/m1/s1. The molecule has 0 unspecified atom stereocenters. The SMILES string of the molecule is Cc1cc(C(=O)NC[C@@H]2C[C@@H]3C=C[C@H]2C3)c2cccc(C)c2n1. The van der Waals surface area contributed by atoms with Crippen molar-refractivity contribution in [3.8, 4) is 0 Å². The summed E-state index contributed by atoms with van der Waals surface area (Å²) in [7, 11) is 0. The number of nitrogens with one attached hydrogen (secondary N) is 1. The van der Waals surface area contributed by atoms with Crippen LogP contribution in [0.15, 0.2) is 36.4 Å². The molecule has 118 valence electrons. The number of carbonyl (C=O) groups is 1. The Bertz CT molecular complexity index is 809. The molecule has 1 amide bonds. The van der Waals surface area contributed by atoms with Crippen molar-refractivity contribution in [2.45, 2.75) is 26.7 Å². The van der Waals surface area contributed by atoms with Gasteiger partial charge >= 0.3 is 0 Å². The van der Waals surface area contributed by atoms with E-state index in [1.807, 2.05) is 38.1 Å². The van der Waals surface area contributed by atoms with E-state index in [-0.39, 0.29) is 5.91 Å². The maximum absolute atomic E-state index is 12.7. The summed E-state index contributed by atoms with van der Waals surface area (Å²) < 4.78 is 0. The minimum Gasteiger partial charge on any atom is -0.352 e. The second kappa shape index (κ2) is 5.48. The first-order valence-corrected chi connectivity index (χ1v) is 8.45. The summed E-state index contributed by atoms with van der Waals surface area (Å²) in [6.07, 6.45) is 7.17. The van der Waals surface area contributed by atoms with Crippen LogP contribution < -0.4 is 5.32 Å². The molecule has 1 aromatic carbocycles. The lowest BCUT2D eigenvalue weighted by atomic mass is 9.93. The summed E-state index contributed by atoms with van der Waals surface area (Å²) in [5.41, 5.74) is 3.67. The summed E-state index contributed by atoms with van der Waals surface area (Å²) in [6, 6.07) is 7.92. The molecule has 1 heterocycles. The molecule has 1 saturated carbocycles. The number of nitrogens with zero attached hydrogens (tertiary/aromatic N) is 1. The molecule has 2 aliphatic carbocycles. The average molecular weight is 306 g/mol. The number of aryl methyl sites for hydroxylation is 2. The van der Waals surface area contributed by atoms with Crippen LogP contribution in [0.4, 0.5) is 0 Å². The maximum atomic E-state index is 12.7. The van der Waals surface area contributed by atoms with Crippen molar-refractivity contribution < 1.29 is 4.79 Å². The van der Waals surface area contributed by atoms with Crippen LogP contribution in [0.25, 0.3) is 10.9 Å². The Hall–Kier alpha value is -2.16. The Labute approximate surface area is 136 Å². The minimum atomic E-state index is 0.0258. The zero-order chi connectivity index (χ0) is 16.0. The molecule has 0 aliphatic heterocycles. The summed E-state index contributed by atoms with van der Waals surface area (Å²) in [6.45, 7) is 4.76. The third-order valence-electron chi connectivity index (χ3n) is 5.36. The Morgan fingerprint density at radius 3 is 2.87 bits per heavy atom. The monoisotopic (exact) mass is 306 g/mol. The molecular weight excluding hydrogens is 284 g/mol. The van der Waals surface area contributed by atoms with Crippen molar-refractivity contribution in [3.05, 3.63) is 53.2 Å². The van der Waals surface area contributed by atoms with E-state index >= 15 is 0 Å². The zero-order valence-corrected chi connectivity index (χ0v) is 13.7. The predicted molar refractivity (Wildman–Crippen MR) is 92.4 cm³/mol. The fraction of sp³-hybridized carbons (Fsp3) is 0.400. The molecule has 0 saturated heterocycles. The second-order valence-electron chi connectivity index (χ2n) is 7.03. The molecule has 4 rings (SSSR count). The van der Waals surface area contributed by atoms with Gasteiger partial charge in [-0.25, -0.2) is 0 Å². The van der Waals surface area contributed by atoms with Gasteiger partial charge in [0.1, 0.15) is 0 Å². The Kier molecular flexibility index (Phi) is 3.44. The van der Waals surface area contributed by atoms with Gasteiger partial charge in [0.25, 0.3) is 5.91 Å². The van der Waals surface area contributed by atoms with Gasteiger partial charge in [0.15, 0.2) is 0 Å². The number of allylic oxidation sites excluding steroid dienone is 2. The van der Waals surface area contributed by atoms with E-state index in [4.69, 9.17) is 0 Å². The van der Waals surface area contributed by atoms with Gasteiger partial charge in [-0.1, -0.05) is 30.4 Å². The molecule has 3 nitrogen and oxygen atoms in total. The van der Waals surface area contributed by atoms with Crippen molar-refractivity contribution in [3.63, 3.8) is 0 Å². The lowest BCUT2D eigenvalue weighted by molar-refractivity contribution is 0.0946. The molecular formula is C20H22N2O. The van der Waals surface area contributed by atoms with Crippen LogP contribution in [0, 0.1) is 31.6 Å². The molecule has 1 N–H and O–H groups in total. The van der Waals surface area contributed by atoms with Crippen LogP contribution in [0.1, 0.15) is 34.5 Å². The average Bonchev–Trinajstić information content (AvgIpc) is 3.15. The summed E-state index contributed by atoms with van der Waals surface area (Å²) >= 11 is 0. The fourth-order valence-electron chi connectivity index (χ4n) is 4.16. The van der Waals surface area contributed by atoms with Gasteiger partial charge < -0.3 is 5.32 Å². The van der Waals surface area contributed by atoms with Crippen molar-refractivity contribution in [2.75, 3.05) is 6.54 Å². The normalized spacial score (nSPS) is 25.2. The number of benzene rings is 1. The van der Waals surface area contributed by atoms with Gasteiger partial charge in [0.05, 0.1) is 11.1 Å². The lowest BCUT2D eigenvalue weighted by Gasteiger charge is -2.19. The molecule has 2 aliphatic rings. The number of amides is 1. The van der Waals surface area contributed by atoms with E-state index in [2.05, 4.69) is 22.5 Å². The molecule has 1 fully saturated rings. The fourth-order valence-corrected chi connectivity index (χ4v) is 4.16. The van der Waals surface area contributed by atoms with Crippen LogP contribution in [-0.2, 0) is 0 Å². The smallest absolute Gasteiger partial charge is 0.252 e. The molecule has 0 spiro atoms. The van der Waals surface area contributed by atoms with Crippen LogP contribution in [0.2, 0.25) is 0 Å². The van der Waals surface area contributed by atoms with Gasteiger partial charge in [-0.15, -0.1) is 0 Å². The van der Waals surface area contributed by atoms with E-state index < -0.39 is 0 Å². The third-order valence-corrected chi connectivity index (χ3v) is 5.36. The summed E-state index contributed by atoms with van der Waals surface area (Å²) in [4.78, 5) is 17.3. The summed E-state index contributed by atoms with van der Waals surface area (Å²) in [5, 5.41) is 4.11. The third kappa shape index (κ3) is 2.54. The number of para-hydroxylation sites is 1. The van der Waals surface area contributed by atoms with Gasteiger partial charge in [0.2, 0.25) is 0 Å². The number of fused-ring (bicyclic) bond motifs is 3.